The summed E-state index contributed by atoms with van der Waals surface area (Å²) in [6.07, 6.45) is 0. The highest BCUT2D eigenvalue weighted by atomic mass is 32.1. The van der Waals surface area contributed by atoms with Gasteiger partial charge in [-0.2, -0.15) is 0 Å². The first kappa shape index (κ1) is 8.57. The highest BCUT2D eigenvalue weighted by molar-refractivity contribution is 7.17. The first-order chi connectivity index (χ1) is 6.11. The Morgan fingerprint density at radius 1 is 1.46 bits per heavy atom. The number of hydrogen-bond donors (Lipinski definition) is 0. The summed E-state index contributed by atoms with van der Waals surface area (Å²) in [5, 5.41) is 2.73. The van der Waals surface area contributed by atoms with Crippen molar-refractivity contribution in [2.24, 2.45) is 0 Å². The first-order valence-corrected chi connectivity index (χ1v) is 4.85. The lowest BCUT2D eigenvalue weighted by Crippen LogP contribution is -2.20. The number of aryl methyl sites for hydroxylation is 2. The number of nitrogens with zero attached hydrogens (tertiary/aromatic N) is 1. The molecular weight excluding hydrogens is 181 g/mol. The first-order valence-electron chi connectivity index (χ1n) is 3.97. The van der Waals surface area contributed by atoms with Gasteiger partial charge in [-0.3, -0.25) is 4.79 Å². The second kappa shape index (κ2) is 2.74. The van der Waals surface area contributed by atoms with Crippen LogP contribution in [0.4, 0.5) is 0 Å². The number of hydrogen-bond acceptors (Lipinski definition) is 2. The number of fused-ring (bicyclic) bond motifs is 1. The van der Waals surface area contributed by atoms with Crippen LogP contribution in [0, 0.1) is 13.8 Å². The quantitative estimate of drug-likeness (QED) is 0.577. The lowest BCUT2D eigenvalue weighted by Gasteiger charge is -2.03. The van der Waals surface area contributed by atoms with E-state index >= 15 is 0 Å². The molecule has 0 aliphatic heterocycles. The van der Waals surface area contributed by atoms with E-state index < -0.39 is 0 Å². The largest absolute Gasteiger partial charge is 0.369 e. The lowest BCUT2D eigenvalue weighted by molar-refractivity contribution is 1.07. The zero-order valence-electron chi connectivity index (χ0n) is 7.50. The summed E-state index contributed by atoms with van der Waals surface area (Å²) in [6, 6.07) is 1.94. The summed E-state index contributed by atoms with van der Waals surface area (Å²) >= 11 is 1.58. The van der Waals surface area contributed by atoms with Crippen molar-refractivity contribution in [2.75, 3.05) is 0 Å². The Bertz CT molecular complexity index is 526. The van der Waals surface area contributed by atoms with Gasteiger partial charge in [0, 0.05) is 10.4 Å². The highest BCUT2D eigenvalue weighted by Gasteiger charge is 2.06. The van der Waals surface area contributed by atoms with Gasteiger partial charge in [0.15, 0.2) is 0 Å². The van der Waals surface area contributed by atoms with Gasteiger partial charge in [-0.25, -0.2) is 0 Å². The minimum Gasteiger partial charge on any atom is -0.369 e. The second-order valence-electron chi connectivity index (χ2n) is 3.12. The SMILES string of the molecule is [B]n1c(C)cc2scc(C)c2c1=O. The predicted molar refractivity (Wildman–Crippen MR) is 56.7 cm³/mol. The van der Waals surface area contributed by atoms with Gasteiger partial charge in [0.2, 0.25) is 13.5 Å². The lowest BCUT2D eigenvalue weighted by atomic mass is 10.2. The maximum Gasteiger partial charge on any atom is 0.246 e. The van der Waals surface area contributed by atoms with Gasteiger partial charge in [-0.05, 0) is 30.9 Å². The molecule has 0 saturated heterocycles. The van der Waals surface area contributed by atoms with E-state index in [1.54, 1.807) is 11.3 Å². The second-order valence-corrected chi connectivity index (χ2v) is 4.03. The maximum atomic E-state index is 11.7. The summed E-state index contributed by atoms with van der Waals surface area (Å²) in [5.74, 6) is 0. The summed E-state index contributed by atoms with van der Waals surface area (Å²) in [6.45, 7) is 3.76. The standard InChI is InChI=1S/C9H8BNOS/c1-5-4-13-7-3-6(2)11(10)9(12)8(5)7/h3-4H,1-2H3. The monoisotopic (exact) mass is 189 g/mol. The van der Waals surface area contributed by atoms with E-state index in [0.29, 0.717) is 0 Å². The topological polar surface area (TPSA) is 22.0 Å². The molecule has 2 rings (SSSR count). The molecule has 13 heavy (non-hydrogen) atoms. The van der Waals surface area contributed by atoms with Crippen molar-refractivity contribution < 1.29 is 0 Å². The van der Waals surface area contributed by atoms with E-state index in [-0.39, 0.29) is 5.56 Å². The third-order valence-corrected chi connectivity index (χ3v) is 3.20. The molecule has 2 nitrogen and oxygen atoms in total. The third-order valence-electron chi connectivity index (χ3n) is 2.16. The molecule has 0 unspecified atom stereocenters. The van der Waals surface area contributed by atoms with E-state index in [1.165, 1.54) is 4.48 Å². The minimum absolute atomic E-state index is 0.103. The van der Waals surface area contributed by atoms with Gasteiger partial charge in [-0.15, -0.1) is 11.3 Å². The fourth-order valence-corrected chi connectivity index (χ4v) is 2.41. The molecule has 2 heterocycles. The Kier molecular flexibility index (Phi) is 1.80. The van der Waals surface area contributed by atoms with E-state index in [4.69, 9.17) is 7.98 Å². The van der Waals surface area contributed by atoms with Crippen LogP contribution in [0.1, 0.15) is 11.3 Å². The van der Waals surface area contributed by atoms with Crippen molar-refractivity contribution in [3.05, 3.63) is 33.1 Å². The van der Waals surface area contributed by atoms with Gasteiger partial charge >= 0.3 is 0 Å². The smallest absolute Gasteiger partial charge is 0.246 e. The molecule has 2 aromatic heterocycles. The van der Waals surface area contributed by atoms with E-state index in [2.05, 4.69) is 0 Å². The molecular formula is C9H8BNOS. The molecule has 0 aliphatic carbocycles. The van der Waals surface area contributed by atoms with Crippen molar-refractivity contribution in [1.82, 2.24) is 4.48 Å². The molecule has 2 aromatic rings. The molecule has 0 atom stereocenters. The number of thiophene rings is 1. The van der Waals surface area contributed by atoms with Crippen LogP contribution in [0.25, 0.3) is 10.1 Å². The zero-order valence-corrected chi connectivity index (χ0v) is 8.31. The fraction of sp³-hybridized carbons (Fsp3) is 0.222. The molecule has 0 aromatic carbocycles. The molecule has 0 fully saturated rings. The molecule has 0 amide bonds. The predicted octanol–water partition coefficient (Wildman–Crippen LogP) is 1.61. The van der Waals surface area contributed by atoms with Crippen LogP contribution < -0.4 is 5.56 Å². The van der Waals surface area contributed by atoms with Crippen LogP contribution >= 0.6 is 11.3 Å². The van der Waals surface area contributed by atoms with E-state index in [0.717, 1.165) is 21.3 Å². The molecule has 2 radical (unpaired) electrons. The third kappa shape index (κ3) is 1.13. The Morgan fingerprint density at radius 3 is 2.85 bits per heavy atom. The normalized spacial score (nSPS) is 10.9. The summed E-state index contributed by atoms with van der Waals surface area (Å²) in [7, 11) is 5.58. The number of aromatic nitrogens is 1. The molecule has 64 valence electrons. The van der Waals surface area contributed by atoms with Crippen LogP contribution in [0.15, 0.2) is 16.2 Å². The number of pyridine rings is 1. The van der Waals surface area contributed by atoms with Crippen LogP contribution in [-0.2, 0) is 0 Å². The molecule has 0 bridgehead atoms. The van der Waals surface area contributed by atoms with E-state index in [9.17, 15) is 4.79 Å². The van der Waals surface area contributed by atoms with Crippen LogP contribution in [0.2, 0.25) is 0 Å². The molecule has 0 saturated carbocycles. The summed E-state index contributed by atoms with van der Waals surface area (Å²) in [4.78, 5) is 11.7. The Morgan fingerprint density at radius 2 is 2.15 bits per heavy atom. The molecule has 4 heteroatoms. The average Bonchev–Trinajstić information content (AvgIpc) is 2.43. The molecule has 0 N–H and O–H groups in total. The Labute approximate surface area is 81.2 Å². The average molecular weight is 189 g/mol. The van der Waals surface area contributed by atoms with Gasteiger partial charge in [-0.1, -0.05) is 0 Å². The summed E-state index contributed by atoms with van der Waals surface area (Å²) in [5.41, 5.74) is 1.69. The zero-order chi connectivity index (χ0) is 9.59. The van der Waals surface area contributed by atoms with E-state index in [1.807, 2.05) is 25.3 Å². The molecule has 0 aliphatic rings. The van der Waals surface area contributed by atoms with Crippen molar-refractivity contribution in [3.8, 4) is 0 Å². The van der Waals surface area contributed by atoms with Crippen LogP contribution in [0.5, 0.6) is 0 Å². The van der Waals surface area contributed by atoms with Crippen molar-refractivity contribution in [2.45, 2.75) is 13.8 Å². The minimum atomic E-state index is -0.103. The van der Waals surface area contributed by atoms with Crippen molar-refractivity contribution in [3.63, 3.8) is 0 Å². The van der Waals surface area contributed by atoms with Crippen molar-refractivity contribution in [1.29, 1.82) is 0 Å². The van der Waals surface area contributed by atoms with Crippen LogP contribution in [0.3, 0.4) is 0 Å². The van der Waals surface area contributed by atoms with Crippen LogP contribution in [-0.4, -0.2) is 12.5 Å². The van der Waals surface area contributed by atoms with Gasteiger partial charge in [0.05, 0.1) is 5.39 Å². The van der Waals surface area contributed by atoms with Gasteiger partial charge in [0.25, 0.3) is 0 Å². The number of rotatable bonds is 0. The summed E-state index contributed by atoms with van der Waals surface area (Å²) < 4.78 is 2.21. The van der Waals surface area contributed by atoms with Crippen molar-refractivity contribution >= 4 is 29.4 Å². The highest BCUT2D eigenvalue weighted by Crippen LogP contribution is 2.22. The Balaban J connectivity index is 3.06. The Hall–Kier alpha value is -1.03. The fourth-order valence-electron chi connectivity index (χ4n) is 1.38. The van der Waals surface area contributed by atoms with Gasteiger partial charge < -0.3 is 4.48 Å². The molecule has 0 spiro atoms. The van der Waals surface area contributed by atoms with Gasteiger partial charge in [0.1, 0.15) is 0 Å². The maximum absolute atomic E-state index is 11.7.